The molecule has 2 heterocycles. The molecule has 2 fully saturated rings. The van der Waals surface area contributed by atoms with Crippen molar-refractivity contribution in [3.63, 3.8) is 0 Å². The van der Waals surface area contributed by atoms with Crippen LogP contribution in [0.25, 0.3) is 0 Å². The lowest BCUT2D eigenvalue weighted by Crippen LogP contribution is -2.46. The quantitative estimate of drug-likeness (QED) is 0.893. The number of rotatable bonds is 5. The molecule has 0 aliphatic carbocycles. The summed E-state index contributed by atoms with van der Waals surface area (Å²) in [7, 11) is 0. The molecule has 1 N–H and O–H groups in total. The van der Waals surface area contributed by atoms with Crippen molar-refractivity contribution >= 4 is 0 Å². The van der Waals surface area contributed by atoms with Gasteiger partial charge in [0.1, 0.15) is 5.82 Å². The van der Waals surface area contributed by atoms with E-state index >= 15 is 0 Å². The Kier molecular flexibility index (Phi) is 6.25. The number of nitrogens with zero attached hydrogens (tertiary/aromatic N) is 2. The van der Waals surface area contributed by atoms with Gasteiger partial charge in [-0.1, -0.05) is 24.6 Å². The number of β-amino-alcohol motifs (C(OH)–C–C–N with tert-alkyl or cyclic N) is 1. The Bertz CT molecular complexity index is 524. The van der Waals surface area contributed by atoms with Gasteiger partial charge in [-0.25, -0.2) is 4.39 Å². The molecule has 3 nitrogen and oxygen atoms in total. The van der Waals surface area contributed by atoms with E-state index in [-0.39, 0.29) is 5.82 Å². The van der Waals surface area contributed by atoms with Crippen LogP contribution in [0, 0.1) is 11.7 Å². The molecular weight excluding hydrogens is 303 g/mol. The zero-order valence-electron chi connectivity index (χ0n) is 14.8. The third-order valence-corrected chi connectivity index (χ3v) is 5.73. The van der Waals surface area contributed by atoms with E-state index in [9.17, 15) is 9.50 Å². The van der Waals surface area contributed by atoms with Crippen LogP contribution >= 0.6 is 0 Å². The normalized spacial score (nSPS) is 28.0. The first-order valence-electron chi connectivity index (χ1n) is 9.52. The minimum absolute atomic E-state index is 0.305. The van der Waals surface area contributed by atoms with Crippen LogP contribution in [0.3, 0.4) is 0 Å². The summed E-state index contributed by atoms with van der Waals surface area (Å²) in [4.78, 5) is 4.96. The topological polar surface area (TPSA) is 26.7 Å². The largest absolute Gasteiger partial charge is 0.387 e. The first-order valence-corrected chi connectivity index (χ1v) is 9.52. The summed E-state index contributed by atoms with van der Waals surface area (Å²) in [6.45, 7) is 7.32. The van der Waals surface area contributed by atoms with Crippen molar-refractivity contribution < 1.29 is 9.50 Å². The molecule has 3 rings (SSSR count). The zero-order chi connectivity index (χ0) is 16.9. The fourth-order valence-corrected chi connectivity index (χ4v) is 4.31. The van der Waals surface area contributed by atoms with Crippen molar-refractivity contribution in [1.29, 1.82) is 0 Å². The van der Waals surface area contributed by atoms with E-state index in [1.807, 2.05) is 0 Å². The average Bonchev–Trinajstić information content (AvgIpc) is 2.58. The molecule has 134 valence electrons. The molecule has 0 spiro atoms. The van der Waals surface area contributed by atoms with Gasteiger partial charge in [0.2, 0.25) is 0 Å². The Morgan fingerprint density at radius 3 is 2.79 bits per heavy atom. The van der Waals surface area contributed by atoms with Crippen molar-refractivity contribution in [2.24, 2.45) is 5.92 Å². The molecule has 0 amide bonds. The number of hydrogen-bond donors (Lipinski definition) is 1. The fourth-order valence-electron chi connectivity index (χ4n) is 4.31. The van der Waals surface area contributed by atoms with Gasteiger partial charge >= 0.3 is 0 Å². The summed E-state index contributed by atoms with van der Waals surface area (Å²) in [6.07, 6.45) is 5.73. The predicted octanol–water partition coefficient (Wildman–Crippen LogP) is 3.45. The summed E-state index contributed by atoms with van der Waals surface area (Å²) in [6, 6.07) is 7.28. The molecule has 2 aliphatic rings. The van der Waals surface area contributed by atoms with E-state index in [0.29, 0.717) is 24.1 Å². The monoisotopic (exact) mass is 334 g/mol. The maximum atomic E-state index is 13.8. The minimum atomic E-state index is -0.737. The number of halogens is 1. The Balaban J connectivity index is 1.52. The number of hydrogen-bond acceptors (Lipinski definition) is 3. The van der Waals surface area contributed by atoms with Crippen molar-refractivity contribution in [3.8, 4) is 0 Å². The molecule has 1 aromatic rings. The van der Waals surface area contributed by atoms with E-state index in [0.717, 1.165) is 13.1 Å². The molecule has 0 aromatic heterocycles. The molecule has 0 saturated carbocycles. The maximum Gasteiger partial charge on any atom is 0.129 e. The first kappa shape index (κ1) is 17.8. The van der Waals surface area contributed by atoms with Crippen molar-refractivity contribution in [1.82, 2.24) is 9.80 Å². The van der Waals surface area contributed by atoms with Gasteiger partial charge in [-0.3, -0.25) is 0 Å². The highest BCUT2D eigenvalue weighted by atomic mass is 19.1. The molecule has 2 saturated heterocycles. The molecule has 3 atom stereocenters. The van der Waals surface area contributed by atoms with Crippen LogP contribution in [0.5, 0.6) is 0 Å². The van der Waals surface area contributed by atoms with Gasteiger partial charge in [-0.05, 0) is 57.7 Å². The Morgan fingerprint density at radius 1 is 1.17 bits per heavy atom. The number of piperidine rings is 2. The van der Waals surface area contributed by atoms with Crippen LogP contribution in [-0.2, 0) is 0 Å². The SMILES string of the molecule is CC1CCCCN1CC1CCCN(CC(O)c2ccccc2F)C1. The lowest BCUT2D eigenvalue weighted by Gasteiger charge is -2.40. The first-order chi connectivity index (χ1) is 11.6. The van der Waals surface area contributed by atoms with Crippen molar-refractivity contribution in [2.75, 3.05) is 32.7 Å². The number of aliphatic hydroxyl groups excluding tert-OH is 1. The lowest BCUT2D eigenvalue weighted by atomic mass is 9.94. The van der Waals surface area contributed by atoms with Gasteiger partial charge in [0, 0.05) is 31.2 Å². The van der Waals surface area contributed by atoms with Crippen LogP contribution in [0.2, 0.25) is 0 Å². The van der Waals surface area contributed by atoms with Crippen molar-refractivity contribution in [2.45, 2.75) is 51.2 Å². The number of benzene rings is 1. The van der Waals surface area contributed by atoms with Gasteiger partial charge in [0.25, 0.3) is 0 Å². The van der Waals surface area contributed by atoms with Crippen molar-refractivity contribution in [3.05, 3.63) is 35.6 Å². The average molecular weight is 334 g/mol. The Labute approximate surface area is 145 Å². The highest BCUT2D eigenvalue weighted by Gasteiger charge is 2.27. The maximum absolute atomic E-state index is 13.8. The van der Waals surface area contributed by atoms with Gasteiger partial charge in [0.05, 0.1) is 6.10 Å². The molecule has 3 unspecified atom stereocenters. The van der Waals surface area contributed by atoms with E-state index in [1.165, 1.54) is 51.3 Å². The zero-order valence-corrected chi connectivity index (χ0v) is 14.8. The summed E-state index contributed by atoms with van der Waals surface area (Å²) in [5.74, 6) is 0.368. The molecule has 4 heteroatoms. The van der Waals surface area contributed by atoms with Gasteiger partial charge in [-0.2, -0.15) is 0 Å². The molecule has 1 aromatic carbocycles. The standard InChI is InChI=1S/C20H31FN2O/c1-16-7-4-5-12-23(16)14-17-8-6-11-22(13-17)15-20(24)18-9-2-3-10-19(18)21/h2-3,9-10,16-17,20,24H,4-8,11-15H2,1H3. The minimum Gasteiger partial charge on any atom is -0.387 e. The van der Waals surface area contributed by atoms with E-state index in [4.69, 9.17) is 0 Å². The highest BCUT2D eigenvalue weighted by Crippen LogP contribution is 2.25. The number of aliphatic hydroxyl groups is 1. The molecular formula is C20H31FN2O. The summed E-state index contributed by atoms with van der Waals surface area (Å²) in [5.41, 5.74) is 0.421. The second-order valence-corrected chi connectivity index (χ2v) is 7.64. The second-order valence-electron chi connectivity index (χ2n) is 7.64. The number of likely N-dealkylation sites (tertiary alicyclic amines) is 2. The molecule has 0 bridgehead atoms. The van der Waals surface area contributed by atoms with E-state index < -0.39 is 6.10 Å². The van der Waals surface area contributed by atoms with Crippen LogP contribution in [0.15, 0.2) is 24.3 Å². The molecule has 0 radical (unpaired) electrons. The van der Waals surface area contributed by atoms with E-state index in [1.54, 1.807) is 18.2 Å². The van der Waals surface area contributed by atoms with E-state index in [2.05, 4.69) is 16.7 Å². The second kappa shape index (κ2) is 8.41. The third-order valence-electron chi connectivity index (χ3n) is 5.73. The van der Waals surface area contributed by atoms with Crippen LogP contribution in [-0.4, -0.2) is 53.7 Å². The Morgan fingerprint density at radius 2 is 2.00 bits per heavy atom. The fraction of sp³-hybridized carbons (Fsp3) is 0.700. The van der Waals surface area contributed by atoms with Gasteiger partial charge in [0.15, 0.2) is 0 Å². The third kappa shape index (κ3) is 4.56. The molecule has 2 aliphatic heterocycles. The van der Waals surface area contributed by atoms with Gasteiger partial charge in [-0.15, -0.1) is 0 Å². The Hall–Kier alpha value is -0.970. The summed E-state index contributed by atoms with van der Waals surface area (Å²) >= 11 is 0. The van der Waals surface area contributed by atoms with Crippen LogP contribution in [0.1, 0.15) is 50.7 Å². The predicted molar refractivity (Wildman–Crippen MR) is 95.4 cm³/mol. The lowest BCUT2D eigenvalue weighted by molar-refractivity contribution is 0.0601. The highest BCUT2D eigenvalue weighted by molar-refractivity contribution is 5.20. The molecule has 24 heavy (non-hydrogen) atoms. The van der Waals surface area contributed by atoms with Crippen LogP contribution < -0.4 is 0 Å². The van der Waals surface area contributed by atoms with Gasteiger partial charge < -0.3 is 14.9 Å². The smallest absolute Gasteiger partial charge is 0.129 e. The summed E-state index contributed by atoms with van der Waals surface area (Å²) in [5, 5.41) is 10.4. The van der Waals surface area contributed by atoms with Crippen LogP contribution in [0.4, 0.5) is 4.39 Å². The summed E-state index contributed by atoms with van der Waals surface area (Å²) < 4.78 is 13.8.